The average Bonchev–Trinajstić information content (AvgIpc) is 3.52. The predicted molar refractivity (Wildman–Crippen MR) is 142 cm³/mol. The van der Waals surface area contributed by atoms with Crippen LogP contribution in [0.1, 0.15) is 22.2 Å². The number of aryl methyl sites for hydroxylation is 1. The van der Waals surface area contributed by atoms with E-state index in [1.54, 1.807) is 36.4 Å². The minimum absolute atomic E-state index is 0.0376. The Kier molecular flexibility index (Phi) is 5.28. The normalized spacial score (nSPS) is 16.0. The fraction of sp³-hybridized carbons (Fsp3) is 0.0714. The molecule has 0 saturated carbocycles. The molecule has 0 radical (unpaired) electrons. The number of para-hydroxylation sites is 1. The Morgan fingerprint density at radius 2 is 1.81 bits per heavy atom. The molecule has 0 bridgehead atoms. The number of aromatic nitrogens is 1. The number of carbonyl (C=O) groups is 2. The molecule has 0 aliphatic carbocycles. The second kappa shape index (κ2) is 8.40. The molecule has 5 aromatic rings. The molecular formula is C28H18BrClN2O4. The van der Waals surface area contributed by atoms with Crippen LogP contribution >= 0.6 is 27.5 Å². The number of fused-ring (bicyclic) bond motifs is 2. The second-order valence-corrected chi connectivity index (χ2v) is 10.0. The maximum Gasteiger partial charge on any atom is 0.294 e. The summed E-state index contributed by atoms with van der Waals surface area (Å²) in [5.41, 5.74) is 2.64. The molecule has 1 aliphatic heterocycles. The van der Waals surface area contributed by atoms with Gasteiger partial charge in [0, 0.05) is 50.3 Å². The van der Waals surface area contributed by atoms with Crippen LogP contribution in [-0.2, 0) is 11.8 Å². The van der Waals surface area contributed by atoms with Crippen molar-refractivity contribution in [2.24, 2.45) is 7.05 Å². The summed E-state index contributed by atoms with van der Waals surface area (Å²) in [6.45, 7) is 0. The van der Waals surface area contributed by atoms with Gasteiger partial charge >= 0.3 is 0 Å². The lowest BCUT2D eigenvalue weighted by Crippen LogP contribution is -2.31. The summed E-state index contributed by atoms with van der Waals surface area (Å²) < 4.78 is 8.63. The number of rotatable bonds is 4. The van der Waals surface area contributed by atoms with Crippen LogP contribution in [0.5, 0.6) is 0 Å². The fourth-order valence-electron chi connectivity index (χ4n) is 4.85. The molecule has 0 saturated heterocycles. The van der Waals surface area contributed by atoms with Gasteiger partial charge < -0.3 is 14.1 Å². The van der Waals surface area contributed by atoms with Crippen LogP contribution in [0.4, 0.5) is 5.69 Å². The van der Waals surface area contributed by atoms with Gasteiger partial charge in [-0.25, -0.2) is 0 Å². The van der Waals surface area contributed by atoms with Crippen molar-refractivity contribution in [1.82, 2.24) is 4.57 Å². The summed E-state index contributed by atoms with van der Waals surface area (Å²) in [6.07, 6.45) is 1.88. The van der Waals surface area contributed by atoms with Crippen LogP contribution in [0.25, 0.3) is 21.9 Å². The molecule has 1 unspecified atom stereocenters. The number of aliphatic hydroxyl groups is 1. The molecule has 1 N–H and O–H groups in total. The minimum Gasteiger partial charge on any atom is -0.503 e. The van der Waals surface area contributed by atoms with Crippen LogP contribution in [0.3, 0.4) is 0 Å². The first-order valence-corrected chi connectivity index (χ1v) is 12.3. The largest absolute Gasteiger partial charge is 0.503 e. The van der Waals surface area contributed by atoms with Crippen LogP contribution in [0.15, 0.2) is 99.2 Å². The SMILES string of the molecule is Cn1cc(C2C(C(=O)c3cc4cc(Br)ccc4o3)=C(O)C(=O)N2c2ccc(Cl)cc2)c2ccccc21. The van der Waals surface area contributed by atoms with Gasteiger partial charge in [-0.1, -0.05) is 45.7 Å². The number of carbonyl (C=O) groups excluding carboxylic acids is 2. The standard InChI is InChI=1S/C28H18BrClN2O4/c1-31-14-20(19-4-2-3-5-21(19)31)25-24(26(33)23-13-15-12-16(29)6-11-22(15)36-23)27(34)28(35)32(25)18-9-7-17(30)8-10-18/h2-14,25,34H,1H3. The molecule has 1 amide bonds. The van der Waals surface area contributed by atoms with E-state index in [9.17, 15) is 14.7 Å². The van der Waals surface area contributed by atoms with Crippen molar-refractivity contribution >= 4 is 66.8 Å². The molecule has 3 heterocycles. The highest BCUT2D eigenvalue weighted by atomic mass is 79.9. The number of ketones is 1. The van der Waals surface area contributed by atoms with E-state index < -0.39 is 23.5 Å². The van der Waals surface area contributed by atoms with Gasteiger partial charge in [0.1, 0.15) is 5.58 Å². The van der Waals surface area contributed by atoms with Crippen molar-refractivity contribution < 1.29 is 19.1 Å². The van der Waals surface area contributed by atoms with Crippen molar-refractivity contribution in [1.29, 1.82) is 0 Å². The van der Waals surface area contributed by atoms with E-state index in [4.69, 9.17) is 16.0 Å². The number of hydrogen-bond acceptors (Lipinski definition) is 4. The number of furan rings is 1. The molecule has 1 atom stereocenters. The lowest BCUT2D eigenvalue weighted by Gasteiger charge is -2.26. The Labute approximate surface area is 219 Å². The van der Waals surface area contributed by atoms with Crippen molar-refractivity contribution in [3.05, 3.63) is 111 Å². The summed E-state index contributed by atoms with van der Waals surface area (Å²) in [5, 5.41) is 13.2. The van der Waals surface area contributed by atoms with Gasteiger partial charge in [0.15, 0.2) is 11.5 Å². The van der Waals surface area contributed by atoms with Gasteiger partial charge in [-0.2, -0.15) is 0 Å². The van der Waals surface area contributed by atoms with E-state index in [1.807, 2.05) is 54.2 Å². The molecule has 6 nitrogen and oxygen atoms in total. The van der Waals surface area contributed by atoms with Crippen LogP contribution in [0.2, 0.25) is 5.02 Å². The number of nitrogens with zero attached hydrogens (tertiary/aromatic N) is 2. The van der Waals surface area contributed by atoms with Crippen molar-refractivity contribution in [3.8, 4) is 0 Å². The molecule has 6 rings (SSSR count). The van der Waals surface area contributed by atoms with Crippen LogP contribution in [-0.4, -0.2) is 21.4 Å². The Morgan fingerprint density at radius 1 is 1.06 bits per heavy atom. The molecule has 36 heavy (non-hydrogen) atoms. The first kappa shape index (κ1) is 22.6. The minimum atomic E-state index is -0.878. The first-order chi connectivity index (χ1) is 17.3. The van der Waals surface area contributed by atoms with Crippen molar-refractivity contribution in [2.45, 2.75) is 6.04 Å². The summed E-state index contributed by atoms with van der Waals surface area (Å²) >= 11 is 9.52. The Bertz CT molecular complexity index is 1730. The summed E-state index contributed by atoms with van der Waals surface area (Å²) in [5.74, 6) is -1.78. The van der Waals surface area contributed by atoms with E-state index in [1.165, 1.54) is 4.90 Å². The van der Waals surface area contributed by atoms with Crippen LogP contribution < -0.4 is 4.90 Å². The Balaban J connectivity index is 1.56. The molecule has 8 heteroatoms. The van der Waals surface area contributed by atoms with Gasteiger partial charge in [0.05, 0.1) is 11.6 Å². The number of aliphatic hydroxyl groups excluding tert-OH is 1. The third-order valence-corrected chi connectivity index (χ3v) is 7.23. The third kappa shape index (κ3) is 3.46. The fourth-order valence-corrected chi connectivity index (χ4v) is 5.35. The van der Waals surface area contributed by atoms with Crippen molar-refractivity contribution in [2.75, 3.05) is 4.90 Å². The smallest absolute Gasteiger partial charge is 0.294 e. The van der Waals surface area contributed by atoms with Gasteiger partial charge in [0.25, 0.3) is 5.91 Å². The number of Topliss-reactive ketones (excluding diaryl/α,β-unsaturated/α-hetero) is 1. The van der Waals surface area contributed by atoms with Crippen LogP contribution in [0, 0.1) is 0 Å². The molecule has 3 aromatic carbocycles. The lowest BCUT2D eigenvalue weighted by atomic mass is 9.94. The monoisotopic (exact) mass is 560 g/mol. The van der Waals surface area contributed by atoms with Gasteiger partial charge in [0.2, 0.25) is 5.78 Å². The zero-order valence-corrected chi connectivity index (χ0v) is 21.2. The highest BCUT2D eigenvalue weighted by molar-refractivity contribution is 9.10. The van der Waals surface area contributed by atoms with E-state index in [0.29, 0.717) is 21.9 Å². The maximum absolute atomic E-state index is 13.9. The summed E-state index contributed by atoms with van der Waals surface area (Å²) in [4.78, 5) is 28.8. The highest BCUT2D eigenvalue weighted by Gasteiger charge is 2.46. The predicted octanol–water partition coefficient (Wildman–Crippen LogP) is 7.12. The molecule has 0 spiro atoms. The van der Waals surface area contributed by atoms with E-state index in [0.717, 1.165) is 20.8 Å². The van der Waals surface area contributed by atoms with Gasteiger partial charge in [-0.3, -0.25) is 14.5 Å². The molecule has 1 aliphatic rings. The Morgan fingerprint density at radius 3 is 2.58 bits per heavy atom. The highest BCUT2D eigenvalue weighted by Crippen LogP contribution is 2.45. The topological polar surface area (TPSA) is 75.7 Å². The van der Waals surface area contributed by atoms with Gasteiger partial charge in [-0.05, 0) is 54.6 Å². The quantitative estimate of drug-likeness (QED) is 0.237. The summed E-state index contributed by atoms with van der Waals surface area (Å²) in [6, 6.07) is 20.6. The average molecular weight is 562 g/mol. The number of anilines is 1. The zero-order valence-electron chi connectivity index (χ0n) is 18.9. The summed E-state index contributed by atoms with van der Waals surface area (Å²) in [7, 11) is 1.90. The second-order valence-electron chi connectivity index (χ2n) is 8.65. The maximum atomic E-state index is 13.9. The molecule has 178 valence electrons. The number of amides is 1. The number of benzene rings is 3. The number of halogens is 2. The molecular weight excluding hydrogens is 544 g/mol. The molecule has 2 aromatic heterocycles. The number of hydrogen-bond donors (Lipinski definition) is 1. The Hall–Kier alpha value is -3.81. The van der Waals surface area contributed by atoms with E-state index >= 15 is 0 Å². The third-order valence-electron chi connectivity index (χ3n) is 6.48. The van der Waals surface area contributed by atoms with Gasteiger partial charge in [-0.15, -0.1) is 0 Å². The van der Waals surface area contributed by atoms with E-state index in [-0.39, 0.29) is 11.3 Å². The van der Waals surface area contributed by atoms with E-state index in [2.05, 4.69) is 15.9 Å². The lowest BCUT2D eigenvalue weighted by molar-refractivity contribution is -0.117. The van der Waals surface area contributed by atoms with Crippen molar-refractivity contribution in [3.63, 3.8) is 0 Å². The first-order valence-electron chi connectivity index (χ1n) is 11.1. The zero-order chi connectivity index (χ0) is 25.1. The molecule has 0 fully saturated rings.